The Morgan fingerprint density at radius 3 is 2.19 bits per heavy atom. The SMILES string of the molecule is N=C(N)NC(=O)Nc1cc(O)c(O)c(O)c1. The highest BCUT2D eigenvalue weighted by atomic mass is 16.3. The summed E-state index contributed by atoms with van der Waals surface area (Å²) in [5, 5.41) is 38.2. The Morgan fingerprint density at radius 2 is 1.75 bits per heavy atom. The van der Waals surface area contributed by atoms with Crippen molar-refractivity contribution in [1.29, 1.82) is 5.41 Å². The zero-order valence-corrected chi connectivity index (χ0v) is 7.98. The minimum absolute atomic E-state index is 0.0338. The van der Waals surface area contributed by atoms with E-state index in [1.165, 1.54) is 0 Å². The van der Waals surface area contributed by atoms with Crippen LogP contribution in [0.25, 0.3) is 0 Å². The molecule has 0 bridgehead atoms. The fourth-order valence-corrected chi connectivity index (χ4v) is 0.961. The van der Waals surface area contributed by atoms with Gasteiger partial charge in [-0.25, -0.2) is 4.79 Å². The summed E-state index contributed by atoms with van der Waals surface area (Å²) in [4.78, 5) is 11.1. The Bertz CT molecular complexity index is 423. The maximum atomic E-state index is 11.1. The van der Waals surface area contributed by atoms with Crippen LogP contribution in [0.3, 0.4) is 0 Å². The number of hydrogen-bond acceptors (Lipinski definition) is 5. The van der Waals surface area contributed by atoms with Crippen LogP contribution in [0.2, 0.25) is 0 Å². The molecule has 0 aromatic heterocycles. The van der Waals surface area contributed by atoms with Gasteiger partial charge in [-0.15, -0.1) is 0 Å². The molecule has 0 unspecified atom stereocenters. The Balaban J connectivity index is 2.82. The molecule has 0 saturated carbocycles. The molecule has 1 aromatic carbocycles. The van der Waals surface area contributed by atoms with E-state index in [1.807, 2.05) is 5.32 Å². The van der Waals surface area contributed by atoms with Gasteiger partial charge in [0.2, 0.25) is 0 Å². The molecule has 0 aliphatic heterocycles. The van der Waals surface area contributed by atoms with Crippen molar-refractivity contribution in [2.45, 2.75) is 0 Å². The molecule has 8 nitrogen and oxygen atoms in total. The minimum atomic E-state index is -0.808. The molecule has 8 N–H and O–H groups in total. The fourth-order valence-electron chi connectivity index (χ4n) is 0.961. The van der Waals surface area contributed by atoms with Gasteiger partial charge in [-0.3, -0.25) is 10.7 Å². The number of amides is 2. The minimum Gasteiger partial charge on any atom is -0.504 e. The summed E-state index contributed by atoms with van der Waals surface area (Å²) in [7, 11) is 0. The summed E-state index contributed by atoms with van der Waals surface area (Å²) in [6.07, 6.45) is 0. The van der Waals surface area contributed by atoms with E-state index in [-0.39, 0.29) is 5.69 Å². The molecule has 0 atom stereocenters. The molecule has 8 heteroatoms. The molecule has 0 saturated heterocycles. The van der Waals surface area contributed by atoms with Crippen molar-refractivity contribution in [2.75, 3.05) is 5.32 Å². The highest BCUT2D eigenvalue weighted by Gasteiger charge is 2.10. The van der Waals surface area contributed by atoms with Gasteiger partial charge in [0.05, 0.1) is 5.69 Å². The number of phenolic OH excluding ortho intramolecular Hbond substituents is 3. The van der Waals surface area contributed by atoms with Crippen LogP contribution in [0, 0.1) is 5.41 Å². The topological polar surface area (TPSA) is 152 Å². The van der Waals surface area contributed by atoms with Crippen molar-refractivity contribution in [3.63, 3.8) is 0 Å². The van der Waals surface area contributed by atoms with E-state index in [0.717, 1.165) is 12.1 Å². The summed E-state index contributed by atoms with van der Waals surface area (Å²) < 4.78 is 0. The van der Waals surface area contributed by atoms with Gasteiger partial charge < -0.3 is 26.4 Å². The number of hydrogen-bond donors (Lipinski definition) is 7. The summed E-state index contributed by atoms with van der Waals surface area (Å²) in [6.45, 7) is 0. The lowest BCUT2D eigenvalue weighted by Crippen LogP contribution is -2.38. The lowest BCUT2D eigenvalue weighted by atomic mass is 10.2. The van der Waals surface area contributed by atoms with Crippen molar-refractivity contribution < 1.29 is 20.1 Å². The number of aromatic hydroxyl groups is 3. The highest BCUT2D eigenvalue weighted by Crippen LogP contribution is 2.37. The molecular formula is C8H10N4O4. The average Bonchev–Trinajstić information content (AvgIpc) is 2.12. The Kier molecular flexibility index (Phi) is 3.04. The first-order chi connectivity index (χ1) is 7.40. The smallest absolute Gasteiger partial charge is 0.325 e. The van der Waals surface area contributed by atoms with Crippen molar-refractivity contribution in [3.05, 3.63) is 12.1 Å². The molecule has 1 aromatic rings. The van der Waals surface area contributed by atoms with E-state index in [0.29, 0.717) is 0 Å². The van der Waals surface area contributed by atoms with Crippen molar-refractivity contribution >= 4 is 17.7 Å². The second-order valence-electron chi connectivity index (χ2n) is 2.86. The lowest BCUT2D eigenvalue weighted by Gasteiger charge is -2.08. The van der Waals surface area contributed by atoms with Crippen LogP contribution in [0.4, 0.5) is 10.5 Å². The van der Waals surface area contributed by atoms with E-state index in [2.05, 4.69) is 5.32 Å². The zero-order chi connectivity index (χ0) is 12.3. The zero-order valence-electron chi connectivity index (χ0n) is 7.98. The van der Waals surface area contributed by atoms with Gasteiger partial charge in [0, 0.05) is 12.1 Å². The third-order valence-electron chi connectivity index (χ3n) is 1.58. The van der Waals surface area contributed by atoms with Crippen molar-refractivity contribution in [2.24, 2.45) is 5.73 Å². The summed E-state index contributed by atoms with van der Waals surface area (Å²) >= 11 is 0. The van der Waals surface area contributed by atoms with Crippen LogP contribution in [0.15, 0.2) is 12.1 Å². The van der Waals surface area contributed by atoms with E-state index in [9.17, 15) is 4.79 Å². The summed E-state index contributed by atoms with van der Waals surface area (Å²) in [5.74, 6) is -2.40. The number of benzene rings is 1. The van der Waals surface area contributed by atoms with Gasteiger partial charge in [-0.2, -0.15) is 0 Å². The Hall–Kier alpha value is -2.64. The monoisotopic (exact) mass is 226 g/mol. The largest absolute Gasteiger partial charge is 0.504 e. The second-order valence-corrected chi connectivity index (χ2v) is 2.86. The first-order valence-electron chi connectivity index (χ1n) is 4.07. The third-order valence-corrected chi connectivity index (χ3v) is 1.58. The molecule has 16 heavy (non-hydrogen) atoms. The number of nitrogens with two attached hydrogens (primary N) is 1. The quantitative estimate of drug-likeness (QED) is 0.153. The molecule has 0 radical (unpaired) electrons. The molecule has 0 aliphatic carbocycles. The number of nitrogens with one attached hydrogen (secondary N) is 3. The van der Waals surface area contributed by atoms with Gasteiger partial charge >= 0.3 is 6.03 Å². The lowest BCUT2D eigenvalue weighted by molar-refractivity contribution is 0.256. The van der Waals surface area contributed by atoms with E-state index >= 15 is 0 Å². The molecule has 0 heterocycles. The molecule has 1 rings (SSSR count). The van der Waals surface area contributed by atoms with Crippen LogP contribution < -0.4 is 16.4 Å². The number of rotatable bonds is 1. The number of carbonyl (C=O) groups excluding carboxylic acids is 1. The highest BCUT2D eigenvalue weighted by molar-refractivity contribution is 6.01. The molecule has 0 aliphatic rings. The number of phenols is 3. The van der Waals surface area contributed by atoms with Gasteiger partial charge in [0.25, 0.3) is 0 Å². The maximum Gasteiger partial charge on any atom is 0.325 e. The third kappa shape index (κ3) is 2.67. The van der Waals surface area contributed by atoms with Crippen LogP contribution >= 0.6 is 0 Å². The first-order valence-corrected chi connectivity index (χ1v) is 4.07. The van der Waals surface area contributed by atoms with E-state index in [1.54, 1.807) is 0 Å². The van der Waals surface area contributed by atoms with Gasteiger partial charge in [-0.05, 0) is 0 Å². The predicted octanol–water partition coefficient (Wildman–Crippen LogP) is -0.182. The number of carbonyl (C=O) groups is 1. The van der Waals surface area contributed by atoms with Crippen molar-refractivity contribution in [3.8, 4) is 17.2 Å². The molecular weight excluding hydrogens is 216 g/mol. The summed E-state index contributed by atoms with van der Waals surface area (Å²) in [6, 6.07) is 1.24. The van der Waals surface area contributed by atoms with Gasteiger partial charge in [-0.1, -0.05) is 0 Å². The van der Waals surface area contributed by atoms with E-state index < -0.39 is 29.2 Å². The van der Waals surface area contributed by atoms with Gasteiger partial charge in [0.1, 0.15) is 0 Å². The standard InChI is InChI=1S/C8H10N4O4/c9-7(10)12-8(16)11-3-1-4(13)6(15)5(14)2-3/h1-2,13-15H,(H5,9,10,11,12,16). The summed E-state index contributed by atoms with van der Waals surface area (Å²) in [5.41, 5.74) is 4.94. The number of guanidine groups is 1. The Morgan fingerprint density at radius 1 is 1.25 bits per heavy atom. The fraction of sp³-hybridized carbons (Fsp3) is 0. The molecule has 0 spiro atoms. The predicted molar refractivity (Wildman–Crippen MR) is 55.5 cm³/mol. The molecule has 86 valence electrons. The normalized spacial score (nSPS) is 9.50. The van der Waals surface area contributed by atoms with Crippen LogP contribution in [0.5, 0.6) is 17.2 Å². The average molecular weight is 226 g/mol. The second kappa shape index (κ2) is 4.26. The van der Waals surface area contributed by atoms with Crippen molar-refractivity contribution in [1.82, 2.24) is 5.32 Å². The van der Waals surface area contributed by atoms with Crippen LogP contribution in [-0.4, -0.2) is 27.3 Å². The maximum absolute atomic E-state index is 11.1. The molecule has 2 amide bonds. The molecule has 0 fully saturated rings. The Labute approximate surface area is 89.8 Å². The van der Waals surface area contributed by atoms with Crippen LogP contribution in [0.1, 0.15) is 0 Å². The van der Waals surface area contributed by atoms with E-state index in [4.69, 9.17) is 26.5 Å². The van der Waals surface area contributed by atoms with Gasteiger partial charge in [0.15, 0.2) is 23.2 Å². The number of urea groups is 1. The number of anilines is 1. The first kappa shape index (κ1) is 11.4. The van der Waals surface area contributed by atoms with Crippen LogP contribution in [-0.2, 0) is 0 Å².